The molecule has 74 heavy (non-hydrogen) atoms. The van der Waals surface area contributed by atoms with Crippen LogP contribution in [-0.2, 0) is 0 Å². The van der Waals surface area contributed by atoms with Gasteiger partial charge in [-0.3, -0.25) is 9.80 Å². The Morgan fingerprint density at radius 2 is 0.392 bits per heavy atom. The Bertz CT molecular complexity index is 912. The average molecular weight is 1050 g/mol. The maximum Gasteiger partial charge on any atom is 0.0667 e. The first-order chi connectivity index (χ1) is 36.1. The van der Waals surface area contributed by atoms with E-state index in [1.807, 2.05) is 0 Å². The zero-order valence-corrected chi connectivity index (χ0v) is 51.5. The molecule has 0 heterocycles. The van der Waals surface area contributed by atoms with Crippen LogP contribution in [0.2, 0.25) is 0 Å². The van der Waals surface area contributed by atoms with E-state index in [0.717, 1.165) is 103 Å². The van der Waals surface area contributed by atoms with Gasteiger partial charge in [0.1, 0.15) is 0 Å². The van der Waals surface area contributed by atoms with Crippen molar-refractivity contribution in [3.05, 3.63) is 0 Å². The number of hydrogen-bond acceptors (Lipinski definition) is 8. The maximum atomic E-state index is 11.2. The molecule has 0 fully saturated rings. The molecule has 0 aliphatic rings. The molecule has 0 rings (SSSR count). The van der Waals surface area contributed by atoms with Crippen LogP contribution in [0.3, 0.4) is 0 Å². The number of aliphatic hydroxyl groups is 4. The van der Waals surface area contributed by atoms with Crippen LogP contribution in [0.5, 0.6) is 0 Å². The van der Waals surface area contributed by atoms with Gasteiger partial charge in [0, 0.05) is 39.3 Å². The lowest BCUT2D eigenvalue weighted by atomic mass is 10.0. The van der Waals surface area contributed by atoms with Crippen molar-refractivity contribution in [2.45, 2.75) is 347 Å². The van der Waals surface area contributed by atoms with E-state index in [2.05, 4.69) is 61.4 Å². The number of aliphatic hydroxyl groups excluding tert-OH is 4. The van der Waals surface area contributed by atoms with Crippen molar-refractivity contribution in [2.24, 2.45) is 0 Å². The first-order valence-electron chi connectivity index (χ1n) is 33.7. The minimum absolute atomic E-state index is 0.323. The van der Waals surface area contributed by atoms with Crippen LogP contribution in [-0.4, -0.2) is 144 Å². The summed E-state index contributed by atoms with van der Waals surface area (Å²) in [6.45, 7) is 17.7. The molecule has 0 amide bonds. The van der Waals surface area contributed by atoms with E-state index < -0.39 is 0 Å². The topological polar surface area (TPSA) is 93.9 Å². The van der Waals surface area contributed by atoms with E-state index >= 15 is 0 Å². The highest BCUT2D eigenvalue weighted by molar-refractivity contribution is 4.73. The fraction of sp³-hybridized carbons (Fsp3) is 1.00. The summed E-state index contributed by atoms with van der Waals surface area (Å²) in [6.07, 6.45) is 56.8. The summed E-state index contributed by atoms with van der Waals surface area (Å²) in [4.78, 5) is 9.65. The second-order valence-corrected chi connectivity index (χ2v) is 24.3. The molecule has 0 radical (unpaired) electrons. The van der Waals surface area contributed by atoms with Crippen LogP contribution in [0.1, 0.15) is 323 Å². The number of likely N-dealkylation sites (N-methyl/N-ethyl adjacent to an activating group) is 2. The predicted molar refractivity (Wildman–Crippen MR) is 327 cm³/mol. The Balaban J connectivity index is 4.95. The average Bonchev–Trinajstić information content (AvgIpc) is 3.37. The van der Waals surface area contributed by atoms with Crippen LogP contribution in [0.4, 0.5) is 0 Å². The van der Waals surface area contributed by atoms with E-state index in [1.54, 1.807) is 0 Å². The van der Waals surface area contributed by atoms with Crippen LogP contribution in [0.15, 0.2) is 0 Å². The van der Waals surface area contributed by atoms with Gasteiger partial charge in [0.25, 0.3) is 0 Å². The fourth-order valence-corrected chi connectivity index (χ4v) is 11.2. The third kappa shape index (κ3) is 55.0. The van der Waals surface area contributed by atoms with Gasteiger partial charge in [-0.05, 0) is 78.8 Å². The quantitative estimate of drug-likeness (QED) is 0.0448. The molecule has 0 aromatic rings. The lowest BCUT2D eigenvalue weighted by Gasteiger charge is -2.29. The molecule has 0 aliphatic carbocycles. The smallest absolute Gasteiger partial charge is 0.0667 e. The zero-order valence-electron chi connectivity index (χ0n) is 51.5. The SMILES string of the molecule is CCCCCCCCCCCCC(O)CN(CCCN(C)CCN(C)CCCN(CC(O)CCCCCCCCCCCC)CC(O)CCCCCCCCCCCC)CC(O)CCCCCCCCCCCC. The third-order valence-corrected chi connectivity index (χ3v) is 16.3. The molecule has 0 saturated carbocycles. The molecule has 8 heteroatoms. The van der Waals surface area contributed by atoms with Crippen molar-refractivity contribution in [2.75, 3.05) is 79.5 Å². The van der Waals surface area contributed by atoms with Crippen molar-refractivity contribution in [1.82, 2.24) is 19.6 Å². The first-order valence-corrected chi connectivity index (χ1v) is 33.7. The number of rotatable bonds is 63. The highest BCUT2D eigenvalue weighted by Crippen LogP contribution is 2.18. The monoisotopic (exact) mass is 1050 g/mol. The summed E-state index contributed by atoms with van der Waals surface area (Å²) in [6, 6.07) is 0. The van der Waals surface area contributed by atoms with E-state index in [-0.39, 0.29) is 24.4 Å². The molecule has 4 atom stereocenters. The Hall–Kier alpha value is -0.320. The second kappa shape index (κ2) is 58.8. The Morgan fingerprint density at radius 3 is 0.581 bits per heavy atom. The van der Waals surface area contributed by atoms with E-state index in [1.165, 1.54) is 231 Å². The molecule has 0 saturated heterocycles. The Labute approximate surface area is 465 Å². The molecule has 446 valence electrons. The number of unbranched alkanes of at least 4 members (excludes halogenated alkanes) is 36. The Morgan fingerprint density at radius 1 is 0.216 bits per heavy atom. The predicted octanol–water partition coefficient (Wildman–Crippen LogP) is 16.9. The van der Waals surface area contributed by atoms with Crippen molar-refractivity contribution < 1.29 is 20.4 Å². The maximum absolute atomic E-state index is 11.2. The fourth-order valence-electron chi connectivity index (χ4n) is 11.2. The molecule has 0 aromatic carbocycles. The zero-order chi connectivity index (χ0) is 54.2. The van der Waals surface area contributed by atoms with Gasteiger partial charge in [-0.15, -0.1) is 0 Å². The molecule has 0 aliphatic heterocycles. The lowest BCUT2D eigenvalue weighted by molar-refractivity contribution is 0.0575. The molecule has 0 aromatic heterocycles. The molecule has 8 nitrogen and oxygen atoms in total. The van der Waals surface area contributed by atoms with Crippen LogP contribution in [0.25, 0.3) is 0 Å². The van der Waals surface area contributed by atoms with Gasteiger partial charge in [0.15, 0.2) is 0 Å². The van der Waals surface area contributed by atoms with Crippen molar-refractivity contribution in [3.8, 4) is 0 Å². The van der Waals surface area contributed by atoms with Gasteiger partial charge in [-0.2, -0.15) is 0 Å². The van der Waals surface area contributed by atoms with Gasteiger partial charge in [-0.1, -0.05) is 285 Å². The van der Waals surface area contributed by atoms with Crippen LogP contribution in [0, 0.1) is 0 Å². The molecule has 4 N–H and O–H groups in total. The van der Waals surface area contributed by atoms with Gasteiger partial charge in [0.2, 0.25) is 0 Å². The van der Waals surface area contributed by atoms with Crippen molar-refractivity contribution >= 4 is 0 Å². The molecule has 0 spiro atoms. The van der Waals surface area contributed by atoms with Gasteiger partial charge >= 0.3 is 0 Å². The minimum Gasteiger partial charge on any atom is -0.392 e. The van der Waals surface area contributed by atoms with E-state index in [0.29, 0.717) is 26.2 Å². The summed E-state index contributed by atoms with van der Waals surface area (Å²) in [7, 11) is 4.48. The van der Waals surface area contributed by atoms with Crippen LogP contribution >= 0.6 is 0 Å². The van der Waals surface area contributed by atoms with Crippen molar-refractivity contribution in [3.63, 3.8) is 0 Å². The van der Waals surface area contributed by atoms with Gasteiger partial charge < -0.3 is 30.2 Å². The summed E-state index contributed by atoms with van der Waals surface area (Å²) in [5, 5.41) is 44.7. The standard InChI is InChI=1S/C66H138N4O4/c1-7-11-15-19-23-27-31-35-39-43-49-63(71)59-69(60-64(72)50-44-40-36-32-28-24-20-16-12-8-2)55-47-53-67(5)57-58-68(6)54-48-56-70(61-65(73)51-45-41-37-33-29-25-21-17-13-9-3)62-66(74)52-46-42-38-34-30-26-22-18-14-10-4/h63-66,71-74H,7-62H2,1-6H3. The van der Waals surface area contributed by atoms with E-state index in [9.17, 15) is 20.4 Å². The summed E-state index contributed by atoms with van der Waals surface area (Å²) in [5.41, 5.74) is 0. The highest BCUT2D eigenvalue weighted by atomic mass is 16.3. The minimum atomic E-state index is -0.323. The normalized spacial score (nSPS) is 13.9. The molecular weight excluding hydrogens is 913 g/mol. The number of nitrogens with zero attached hydrogens (tertiary/aromatic N) is 4. The second-order valence-electron chi connectivity index (χ2n) is 24.3. The summed E-state index contributed by atoms with van der Waals surface area (Å²) >= 11 is 0. The molecule has 4 unspecified atom stereocenters. The lowest BCUT2D eigenvalue weighted by Crippen LogP contribution is -2.40. The third-order valence-electron chi connectivity index (χ3n) is 16.3. The van der Waals surface area contributed by atoms with Crippen molar-refractivity contribution in [1.29, 1.82) is 0 Å². The van der Waals surface area contributed by atoms with Crippen LogP contribution < -0.4 is 0 Å². The summed E-state index contributed by atoms with van der Waals surface area (Å²) < 4.78 is 0. The molecule has 0 bridgehead atoms. The van der Waals surface area contributed by atoms with Gasteiger partial charge in [0.05, 0.1) is 24.4 Å². The largest absolute Gasteiger partial charge is 0.392 e. The molecular formula is C66H138N4O4. The summed E-state index contributed by atoms with van der Waals surface area (Å²) in [5.74, 6) is 0. The van der Waals surface area contributed by atoms with Gasteiger partial charge in [-0.25, -0.2) is 0 Å². The Kier molecular flexibility index (Phi) is 58.6. The highest BCUT2D eigenvalue weighted by Gasteiger charge is 2.18. The first kappa shape index (κ1) is 73.7. The number of hydrogen-bond donors (Lipinski definition) is 4. The van der Waals surface area contributed by atoms with E-state index in [4.69, 9.17) is 0 Å².